The molecule has 1 aromatic rings. The first-order valence-corrected chi connectivity index (χ1v) is 5.74. The zero-order valence-electron chi connectivity index (χ0n) is 6.31. The number of rotatable bonds is 3. The summed E-state index contributed by atoms with van der Waals surface area (Å²) in [7, 11) is 0. The fourth-order valence-corrected chi connectivity index (χ4v) is 2.86. The smallest absolute Gasteiger partial charge is 0.0931 e. The van der Waals surface area contributed by atoms with Crippen molar-refractivity contribution >= 4 is 38.9 Å². The van der Waals surface area contributed by atoms with Gasteiger partial charge in [0, 0.05) is 9.70 Å². The molecule has 0 saturated heterocycles. The van der Waals surface area contributed by atoms with Crippen LogP contribution < -0.4 is 0 Å². The third kappa shape index (κ3) is 2.77. The Balaban J connectivity index is 2.60. The minimum absolute atomic E-state index is 0.491. The Morgan fingerprint density at radius 3 is 2.82 bits per heavy atom. The van der Waals surface area contributed by atoms with Gasteiger partial charge >= 0.3 is 0 Å². The first-order valence-electron chi connectivity index (χ1n) is 3.63. The minimum atomic E-state index is 0.491. The van der Waals surface area contributed by atoms with Gasteiger partial charge in [-0.15, -0.1) is 11.3 Å². The second-order valence-corrected chi connectivity index (χ2v) is 5.25. The van der Waals surface area contributed by atoms with Crippen LogP contribution in [0.2, 0.25) is 4.34 Å². The van der Waals surface area contributed by atoms with Gasteiger partial charge in [-0.05, 0) is 18.6 Å². The number of thiophene rings is 1. The molecule has 0 aliphatic carbocycles. The van der Waals surface area contributed by atoms with E-state index in [0.717, 1.165) is 4.34 Å². The van der Waals surface area contributed by atoms with E-state index in [1.807, 2.05) is 6.07 Å². The fourth-order valence-electron chi connectivity index (χ4n) is 0.892. The van der Waals surface area contributed by atoms with Crippen molar-refractivity contribution < 1.29 is 0 Å². The third-order valence-corrected chi connectivity index (χ3v) is 4.04. The normalized spacial score (nSPS) is 13.4. The van der Waals surface area contributed by atoms with E-state index in [0.29, 0.717) is 4.83 Å². The SMILES string of the molecule is CCCC(Br)c1ccc(Cl)s1. The van der Waals surface area contributed by atoms with Crippen molar-refractivity contribution in [1.29, 1.82) is 0 Å². The fraction of sp³-hybridized carbons (Fsp3) is 0.500. The molecule has 11 heavy (non-hydrogen) atoms. The van der Waals surface area contributed by atoms with E-state index in [9.17, 15) is 0 Å². The summed E-state index contributed by atoms with van der Waals surface area (Å²) in [5, 5.41) is 0. The topological polar surface area (TPSA) is 0 Å². The summed E-state index contributed by atoms with van der Waals surface area (Å²) in [6.07, 6.45) is 2.38. The van der Waals surface area contributed by atoms with Gasteiger partial charge in [-0.1, -0.05) is 40.9 Å². The van der Waals surface area contributed by atoms with Gasteiger partial charge in [0.05, 0.1) is 4.34 Å². The van der Waals surface area contributed by atoms with Crippen LogP contribution in [-0.2, 0) is 0 Å². The van der Waals surface area contributed by atoms with Crippen molar-refractivity contribution in [2.24, 2.45) is 0 Å². The maximum atomic E-state index is 5.80. The van der Waals surface area contributed by atoms with Crippen molar-refractivity contribution in [2.75, 3.05) is 0 Å². The quantitative estimate of drug-likeness (QED) is 0.689. The summed E-state index contributed by atoms with van der Waals surface area (Å²) in [5.41, 5.74) is 0. The maximum Gasteiger partial charge on any atom is 0.0931 e. The zero-order valence-corrected chi connectivity index (χ0v) is 9.47. The average Bonchev–Trinajstić information content (AvgIpc) is 2.36. The lowest BCUT2D eigenvalue weighted by atomic mass is 10.2. The largest absolute Gasteiger partial charge is 0.127 e. The van der Waals surface area contributed by atoms with Crippen LogP contribution in [0.1, 0.15) is 29.5 Å². The van der Waals surface area contributed by atoms with Crippen molar-refractivity contribution in [3.05, 3.63) is 21.3 Å². The van der Waals surface area contributed by atoms with Crippen LogP contribution in [-0.4, -0.2) is 0 Å². The summed E-state index contributed by atoms with van der Waals surface area (Å²) < 4.78 is 0.876. The molecule has 0 aromatic carbocycles. The van der Waals surface area contributed by atoms with Gasteiger partial charge in [-0.3, -0.25) is 0 Å². The van der Waals surface area contributed by atoms with E-state index >= 15 is 0 Å². The van der Waals surface area contributed by atoms with Crippen molar-refractivity contribution in [2.45, 2.75) is 24.6 Å². The summed E-state index contributed by atoms with van der Waals surface area (Å²) in [4.78, 5) is 1.82. The van der Waals surface area contributed by atoms with Crippen molar-refractivity contribution in [1.82, 2.24) is 0 Å². The highest BCUT2D eigenvalue weighted by molar-refractivity contribution is 9.09. The van der Waals surface area contributed by atoms with Crippen LogP contribution in [0, 0.1) is 0 Å². The molecule has 0 nitrogen and oxygen atoms in total. The van der Waals surface area contributed by atoms with Gasteiger partial charge in [0.15, 0.2) is 0 Å². The average molecular weight is 254 g/mol. The summed E-state index contributed by atoms with van der Waals surface area (Å²) in [6.45, 7) is 2.18. The minimum Gasteiger partial charge on any atom is -0.127 e. The van der Waals surface area contributed by atoms with Crippen LogP contribution in [0.15, 0.2) is 12.1 Å². The molecule has 1 unspecified atom stereocenters. The monoisotopic (exact) mass is 252 g/mol. The molecule has 1 aromatic heterocycles. The highest BCUT2D eigenvalue weighted by Crippen LogP contribution is 2.34. The van der Waals surface area contributed by atoms with Gasteiger partial charge in [-0.25, -0.2) is 0 Å². The van der Waals surface area contributed by atoms with Crippen LogP contribution in [0.5, 0.6) is 0 Å². The van der Waals surface area contributed by atoms with E-state index < -0.39 is 0 Å². The van der Waals surface area contributed by atoms with E-state index in [2.05, 4.69) is 28.9 Å². The molecular formula is C8H10BrClS. The van der Waals surface area contributed by atoms with E-state index in [1.165, 1.54) is 17.7 Å². The lowest BCUT2D eigenvalue weighted by Gasteiger charge is -2.03. The van der Waals surface area contributed by atoms with Gasteiger partial charge < -0.3 is 0 Å². The first-order chi connectivity index (χ1) is 5.24. The number of hydrogen-bond donors (Lipinski definition) is 0. The van der Waals surface area contributed by atoms with Gasteiger partial charge in [0.2, 0.25) is 0 Å². The zero-order chi connectivity index (χ0) is 8.27. The van der Waals surface area contributed by atoms with Gasteiger partial charge in [0.25, 0.3) is 0 Å². The number of hydrogen-bond acceptors (Lipinski definition) is 1. The summed E-state index contributed by atoms with van der Waals surface area (Å²) in [6, 6.07) is 4.04. The molecule has 0 amide bonds. The molecule has 62 valence electrons. The van der Waals surface area contributed by atoms with Crippen LogP contribution in [0.4, 0.5) is 0 Å². The Morgan fingerprint density at radius 2 is 2.36 bits per heavy atom. The van der Waals surface area contributed by atoms with Crippen molar-refractivity contribution in [3.63, 3.8) is 0 Å². The number of halogens is 2. The Bertz CT molecular complexity index is 222. The molecule has 0 radical (unpaired) electrons. The first kappa shape index (κ1) is 9.56. The molecule has 0 N–H and O–H groups in total. The predicted octanol–water partition coefficient (Wildman–Crippen LogP) is 4.64. The molecule has 1 rings (SSSR count). The van der Waals surface area contributed by atoms with E-state index in [1.54, 1.807) is 11.3 Å². The molecule has 3 heteroatoms. The van der Waals surface area contributed by atoms with Crippen LogP contribution in [0.25, 0.3) is 0 Å². The summed E-state index contributed by atoms with van der Waals surface area (Å²) >= 11 is 11.1. The van der Waals surface area contributed by atoms with E-state index in [4.69, 9.17) is 11.6 Å². The lowest BCUT2D eigenvalue weighted by Crippen LogP contribution is -1.82. The Hall–Kier alpha value is 0.470. The maximum absolute atomic E-state index is 5.80. The van der Waals surface area contributed by atoms with Gasteiger partial charge in [-0.2, -0.15) is 0 Å². The van der Waals surface area contributed by atoms with Crippen LogP contribution >= 0.6 is 38.9 Å². The molecule has 0 saturated carbocycles. The van der Waals surface area contributed by atoms with Crippen LogP contribution in [0.3, 0.4) is 0 Å². The standard InChI is InChI=1S/C8H10BrClS/c1-2-3-6(9)7-4-5-8(10)11-7/h4-6H,2-3H2,1H3. The van der Waals surface area contributed by atoms with Crippen molar-refractivity contribution in [3.8, 4) is 0 Å². The predicted molar refractivity (Wildman–Crippen MR) is 55.9 cm³/mol. The highest BCUT2D eigenvalue weighted by Gasteiger charge is 2.07. The number of alkyl halides is 1. The second kappa shape index (κ2) is 4.48. The third-order valence-electron chi connectivity index (χ3n) is 1.44. The molecular weight excluding hydrogens is 244 g/mol. The lowest BCUT2D eigenvalue weighted by molar-refractivity contribution is 0.798. The molecule has 0 spiro atoms. The van der Waals surface area contributed by atoms with E-state index in [-0.39, 0.29) is 0 Å². The molecule has 0 bridgehead atoms. The summed E-state index contributed by atoms with van der Waals surface area (Å²) in [5.74, 6) is 0. The Morgan fingerprint density at radius 1 is 1.64 bits per heavy atom. The molecule has 1 heterocycles. The molecule has 1 atom stereocenters. The highest BCUT2D eigenvalue weighted by atomic mass is 79.9. The molecule has 0 fully saturated rings. The van der Waals surface area contributed by atoms with Gasteiger partial charge in [0.1, 0.15) is 0 Å². The Labute approximate surface area is 84.7 Å². The second-order valence-electron chi connectivity index (χ2n) is 2.40. The molecule has 0 aliphatic rings. The molecule has 0 aliphatic heterocycles. The Kier molecular flexibility index (Phi) is 3.90.